The first-order valence-electron chi connectivity index (χ1n) is 7.16. The molecule has 3 rings (SSSR count). The molecule has 0 amide bonds. The quantitative estimate of drug-likeness (QED) is 0.695. The van der Waals surface area contributed by atoms with E-state index in [2.05, 4.69) is 9.82 Å². The van der Waals surface area contributed by atoms with Gasteiger partial charge in [0, 0.05) is 5.69 Å². The Hall–Kier alpha value is -2.88. The van der Waals surface area contributed by atoms with Crippen molar-refractivity contribution in [2.45, 2.75) is 11.1 Å². The molecule has 0 unspecified atom stereocenters. The lowest BCUT2D eigenvalue weighted by atomic mass is 10.2. The predicted octanol–water partition coefficient (Wildman–Crippen LogP) is 3.83. The third-order valence-corrected chi connectivity index (χ3v) is 4.75. The van der Waals surface area contributed by atoms with Gasteiger partial charge in [-0.15, -0.1) is 0 Å². The molecule has 0 saturated carbocycles. The van der Waals surface area contributed by atoms with Crippen molar-refractivity contribution in [2.75, 3.05) is 4.72 Å². The number of aromatic nitrogens is 2. The van der Waals surface area contributed by atoms with Crippen molar-refractivity contribution < 1.29 is 26.0 Å². The van der Waals surface area contributed by atoms with Crippen LogP contribution in [-0.4, -0.2) is 18.2 Å². The van der Waals surface area contributed by atoms with E-state index >= 15 is 0 Å². The molecular weight excluding hydrogens is 374 g/mol. The number of halogens is 4. The smallest absolute Gasteiger partial charge is 0.280 e. The molecule has 136 valence electrons. The largest absolute Gasteiger partial charge is 0.416 e. The van der Waals surface area contributed by atoms with Crippen LogP contribution in [0.25, 0.3) is 5.69 Å². The first kappa shape index (κ1) is 17.9. The Labute approximate surface area is 145 Å². The lowest BCUT2D eigenvalue weighted by Crippen LogP contribution is -2.13. The summed E-state index contributed by atoms with van der Waals surface area (Å²) in [5.41, 5.74) is -1.20. The van der Waals surface area contributed by atoms with Crippen LogP contribution in [0.4, 0.5) is 23.2 Å². The number of rotatable bonds is 4. The van der Waals surface area contributed by atoms with Gasteiger partial charge in [-0.2, -0.15) is 18.3 Å². The number of benzene rings is 2. The molecule has 5 nitrogen and oxygen atoms in total. The Kier molecular flexibility index (Phi) is 4.45. The van der Waals surface area contributed by atoms with E-state index in [1.165, 1.54) is 24.3 Å². The van der Waals surface area contributed by atoms with Crippen molar-refractivity contribution in [2.24, 2.45) is 0 Å². The maximum Gasteiger partial charge on any atom is 0.416 e. The minimum atomic E-state index is -4.60. The lowest BCUT2D eigenvalue weighted by molar-refractivity contribution is -0.137. The van der Waals surface area contributed by atoms with Crippen molar-refractivity contribution in [3.05, 3.63) is 72.3 Å². The van der Waals surface area contributed by atoms with Crippen LogP contribution in [0.5, 0.6) is 0 Å². The summed E-state index contributed by atoms with van der Waals surface area (Å²) in [6.45, 7) is 0. The summed E-state index contributed by atoms with van der Waals surface area (Å²) in [7, 11) is -4.20. The Bertz CT molecular complexity index is 1050. The Morgan fingerprint density at radius 1 is 1.04 bits per heavy atom. The minimum absolute atomic E-state index is 0.0352. The van der Waals surface area contributed by atoms with E-state index in [0.717, 1.165) is 29.2 Å². The number of nitrogens with one attached hydrogen (secondary N) is 1. The molecule has 0 radical (unpaired) electrons. The van der Waals surface area contributed by atoms with Gasteiger partial charge in [0.15, 0.2) is 0 Å². The standard InChI is InChI=1S/C16H11F4N3O2S/c17-14-6-1-2-7-15(14)23-10-13(9-21-23)26(24,25)22-12-5-3-4-11(8-12)16(18,19)20/h1-10,22H. The van der Waals surface area contributed by atoms with Crippen LogP contribution in [-0.2, 0) is 16.2 Å². The van der Waals surface area contributed by atoms with Crippen molar-refractivity contribution >= 4 is 15.7 Å². The molecule has 3 aromatic rings. The molecule has 0 aliphatic rings. The van der Waals surface area contributed by atoms with Crippen molar-refractivity contribution in [1.29, 1.82) is 0 Å². The number of nitrogens with zero attached hydrogens (tertiary/aromatic N) is 2. The topological polar surface area (TPSA) is 64.0 Å². The monoisotopic (exact) mass is 385 g/mol. The number of alkyl halides is 3. The van der Waals surface area contributed by atoms with Crippen molar-refractivity contribution in [1.82, 2.24) is 9.78 Å². The maximum atomic E-state index is 13.8. The van der Waals surface area contributed by atoms with E-state index in [-0.39, 0.29) is 16.3 Å². The molecule has 0 aliphatic carbocycles. The highest BCUT2D eigenvalue weighted by Gasteiger charge is 2.30. The van der Waals surface area contributed by atoms with Gasteiger partial charge in [-0.25, -0.2) is 17.5 Å². The zero-order valence-corrected chi connectivity index (χ0v) is 13.7. The summed E-state index contributed by atoms with van der Waals surface area (Å²) in [6.07, 6.45) is -2.56. The van der Waals surface area contributed by atoms with E-state index in [9.17, 15) is 26.0 Å². The van der Waals surface area contributed by atoms with Crippen LogP contribution in [0.1, 0.15) is 5.56 Å². The van der Waals surface area contributed by atoms with Crippen LogP contribution in [0.15, 0.2) is 65.8 Å². The van der Waals surface area contributed by atoms with Crippen molar-refractivity contribution in [3.63, 3.8) is 0 Å². The average molecular weight is 385 g/mol. The highest BCUT2D eigenvalue weighted by Crippen LogP contribution is 2.31. The molecular formula is C16H11F4N3O2S. The van der Waals surface area contributed by atoms with Gasteiger partial charge in [0.05, 0.1) is 18.0 Å². The number of para-hydroxylation sites is 1. The van der Waals surface area contributed by atoms with Gasteiger partial charge in [0.2, 0.25) is 0 Å². The molecule has 1 heterocycles. The molecule has 1 N–H and O–H groups in total. The molecule has 0 saturated heterocycles. The third-order valence-electron chi connectivity index (χ3n) is 3.41. The van der Waals surface area contributed by atoms with E-state index in [4.69, 9.17) is 0 Å². The first-order valence-corrected chi connectivity index (χ1v) is 8.65. The summed E-state index contributed by atoms with van der Waals surface area (Å²) in [4.78, 5) is -0.321. The van der Waals surface area contributed by atoms with Gasteiger partial charge in [-0.3, -0.25) is 4.72 Å². The molecule has 0 bridgehead atoms. The minimum Gasteiger partial charge on any atom is -0.280 e. The molecule has 26 heavy (non-hydrogen) atoms. The number of sulfonamides is 1. The van der Waals surface area contributed by atoms with Gasteiger partial charge < -0.3 is 0 Å². The van der Waals surface area contributed by atoms with Gasteiger partial charge in [-0.05, 0) is 30.3 Å². The third kappa shape index (κ3) is 3.69. The number of anilines is 1. The molecule has 10 heteroatoms. The zero-order valence-electron chi connectivity index (χ0n) is 12.9. The molecule has 1 aromatic heterocycles. The van der Waals surface area contributed by atoms with Crippen LogP contribution in [0.2, 0.25) is 0 Å². The molecule has 0 spiro atoms. The number of hydrogen-bond donors (Lipinski definition) is 1. The summed E-state index contributed by atoms with van der Waals surface area (Å²) in [5.74, 6) is -0.606. The average Bonchev–Trinajstić information content (AvgIpc) is 3.05. The maximum absolute atomic E-state index is 13.8. The fourth-order valence-electron chi connectivity index (χ4n) is 2.19. The van der Waals surface area contributed by atoms with Gasteiger partial charge in [-0.1, -0.05) is 18.2 Å². The fourth-order valence-corrected chi connectivity index (χ4v) is 3.17. The SMILES string of the molecule is O=S(=O)(Nc1cccc(C(F)(F)F)c1)c1cnn(-c2ccccc2F)c1. The van der Waals surface area contributed by atoms with E-state index in [1.807, 2.05) is 0 Å². The van der Waals surface area contributed by atoms with Gasteiger partial charge in [0.25, 0.3) is 10.0 Å². The molecule has 0 atom stereocenters. The van der Waals surface area contributed by atoms with Crippen LogP contribution in [0.3, 0.4) is 0 Å². The second-order valence-electron chi connectivity index (χ2n) is 5.26. The summed E-state index contributed by atoms with van der Waals surface area (Å²) >= 11 is 0. The fraction of sp³-hybridized carbons (Fsp3) is 0.0625. The Morgan fingerprint density at radius 2 is 1.77 bits per heavy atom. The normalized spacial score (nSPS) is 12.2. The predicted molar refractivity (Wildman–Crippen MR) is 85.8 cm³/mol. The Morgan fingerprint density at radius 3 is 2.46 bits per heavy atom. The highest BCUT2D eigenvalue weighted by atomic mass is 32.2. The van der Waals surface area contributed by atoms with Crippen LogP contribution >= 0.6 is 0 Å². The molecule has 2 aromatic carbocycles. The number of hydrogen-bond acceptors (Lipinski definition) is 3. The van der Waals surface area contributed by atoms with Gasteiger partial charge >= 0.3 is 6.18 Å². The second-order valence-corrected chi connectivity index (χ2v) is 6.94. The van der Waals surface area contributed by atoms with E-state index in [0.29, 0.717) is 6.07 Å². The van der Waals surface area contributed by atoms with Gasteiger partial charge in [0.1, 0.15) is 16.4 Å². The highest BCUT2D eigenvalue weighted by molar-refractivity contribution is 7.92. The zero-order chi connectivity index (χ0) is 18.9. The second kappa shape index (κ2) is 6.45. The van der Waals surface area contributed by atoms with Crippen LogP contribution in [0, 0.1) is 5.82 Å². The Balaban J connectivity index is 1.89. The van der Waals surface area contributed by atoms with Crippen molar-refractivity contribution in [3.8, 4) is 5.69 Å². The lowest BCUT2D eigenvalue weighted by Gasteiger charge is -2.10. The molecule has 0 fully saturated rings. The summed E-state index contributed by atoms with van der Waals surface area (Å²) in [5, 5.41) is 3.79. The van der Waals surface area contributed by atoms with E-state index < -0.39 is 27.6 Å². The molecule has 0 aliphatic heterocycles. The van der Waals surface area contributed by atoms with E-state index in [1.54, 1.807) is 6.07 Å². The summed E-state index contributed by atoms with van der Waals surface area (Å²) < 4.78 is 79.7. The first-order chi connectivity index (χ1) is 12.2. The van der Waals surface area contributed by atoms with Crippen LogP contribution < -0.4 is 4.72 Å². The summed E-state index contributed by atoms with van der Waals surface area (Å²) in [6, 6.07) is 9.39.